The van der Waals surface area contributed by atoms with Crippen LogP contribution >= 0.6 is 34.7 Å². The summed E-state index contributed by atoms with van der Waals surface area (Å²) < 4.78 is 21.1. The number of β-amino-alcohol motifs (C(OH)–C–C–N with tert-alkyl or cyclic N) is 1. The smallest absolute Gasteiger partial charge is 0.258 e. The van der Waals surface area contributed by atoms with Crippen LogP contribution in [0.3, 0.4) is 0 Å². The summed E-state index contributed by atoms with van der Waals surface area (Å²) in [4.78, 5) is 75.2. The Hall–Kier alpha value is -4.92. The molecule has 73 heavy (non-hydrogen) atoms. The van der Waals surface area contributed by atoms with E-state index in [1.165, 1.54) is 28.0 Å². The Morgan fingerprint density at radius 3 is 2.45 bits per heavy atom. The van der Waals surface area contributed by atoms with Gasteiger partial charge in [0.05, 0.1) is 58.4 Å². The molecule has 4 aliphatic rings. The predicted octanol–water partition coefficient (Wildman–Crippen LogP) is 7.40. The van der Waals surface area contributed by atoms with E-state index in [-0.39, 0.29) is 50.2 Å². The molecule has 3 saturated heterocycles. The van der Waals surface area contributed by atoms with Gasteiger partial charge in [0, 0.05) is 43.1 Å². The largest absolute Gasteiger partial charge is 0.493 e. The van der Waals surface area contributed by atoms with Crippen molar-refractivity contribution >= 4 is 69.8 Å². The second-order valence-corrected chi connectivity index (χ2v) is 23.9. The summed E-state index contributed by atoms with van der Waals surface area (Å²) >= 11 is 9.78. The lowest BCUT2D eigenvalue weighted by molar-refractivity contribution is -0.145. The number of nitrogens with one attached hydrogen (secondary N) is 3. The molecule has 4 amide bonds. The van der Waals surface area contributed by atoms with Crippen LogP contribution in [0, 0.1) is 23.7 Å². The topological polar surface area (TPSA) is 208 Å². The number of hydrogen-bond donors (Lipinski definition) is 5. The quantitative estimate of drug-likeness (QED) is 0.0581. The third-order valence-electron chi connectivity index (χ3n) is 14.8. The number of hydrogen-bond acceptors (Lipinski definition) is 14. The Morgan fingerprint density at radius 1 is 1.04 bits per heavy atom. The third kappa shape index (κ3) is 13.7. The fourth-order valence-electron chi connectivity index (χ4n) is 9.76. The Labute approximate surface area is 441 Å². The van der Waals surface area contributed by atoms with Crippen molar-refractivity contribution in [2.24, 2.45) is 22.5 Å². The van der Waals surface area contributed by atoms with Crippen molar-refractivity contribution < 1.29 is 33.4 Å². The van der Waals surface area contributed by atoms with Crippen molar-refractivity contribution in [3.05, 3.63) is 70.6 Å². The first kappa shape index (κ1) is 54.3. The maximum atomic E-state index is 14.7. The van der Waals surface area contributed by atoms with E-state index in [0.717, 1.165) is 97.1 Å². The second-order valence-electron chi connectivity index (χ2n) is 21.6. The maximum absolute atomic E-state index is 14.7. The van der Waals surface area contributed by atoms with Gasteiger partial charge in [-0.15, -0.1) is 11.3 Å². The van der Waals surface area contributed by atoms with Gasteiger partial charge in [0.25, 0.3) is 5.91 Å². The van der Waals surface area contributed by atoms with Gasteiger partial charge in [-0.3, -0.25) is 24.1 Å². The number of alkyl halides is 1. The zero-order valence-corrected chi connectivity index (χ0v) is 44.9. The molecule has 8 rings (SSSR count). The molecule has 3 atom stereocenters. The SMILES string of the molecule is Cc1ncsc1-c1ccc(CNC(=O)[C@@H]2C[C@@H](O)CN2C(=O)[C@@H](NC(=O)C2(F)CC2)C(C)(C)C)c(OCCCC2CCN(CC(=O)Nc3cccc(Sc4cnc(N5CCC(C)(CN)CC5)cn4)c3Cl)CC2)c1. The Balaban J connectivity index is 0.800. The molecule has 4 aromatic rings. The number of carbonyl (C=O) groups is 4. The van der Waals surface area contributed by atoms with Crippen LogP contribution in [-0.4, -0.2) is 130 Å². The number of aryl methyl sites for hydroxylation is 1. The summed E-state index contributed by atoms with van der Waals surface area (Å²) in [7, 11) is 0. The first-order valence-electron chi connectivity index (χ1n) is 25.5. The molecule has 0 bridgehead atoms. The molecule has 20 heteroatoms. The van der Waals surface area contributed by atoms with E-state index in [2.05, 4.69) is 47.6 Å². The van der Waals surface area contributed by atoms with Crippen LogP contribution in [0.4, 0.5) is 15.9 Å². The highest BCUT2D eigenvalue weighted by Crippen LogP contribution is 2.41. The van der Waals surface area contributed by atoms with Crippen molar-refractivity contribution in [2.75, 3.05) is 62.6 Å². The highest BCUT2D eigenvalue weighted by molar-refractivity contribution is 7.99. The highest BCUT2D eigenvalue weighted by Gasteiger charge is 2.53. The van der Waals surface area contributed by atoms with Crippen molar-refractivity contribution in [1.29, 1.82) is 0 Å². The molecule has 0 spiro atoms. The van der Waals surface area contributed by atoms with E-state index in [4.69, 9.17) is 22.1 Å². The summed E-state index contributed by atoms with van der Waals surface area (Å²) in [6.07, 6.45) is 8.59. The lowest BCUT2D eigenvalue weighted by atomic mass is 9.80. The molecule has 394 valence electrons. The lowest BCUT2D eigenvalue weighted by Crippen LogP contribution is -2.59. The summed E-state index contributed by atoms with van der Waals surface area (Å²) in [6, 6.07) is 9.37. The van der Waals surface area contributed by atoms with Crippen LogP contribution in [-0.2, 0) is 25.7 Å². The lowest BCUT2D eigenvalue weighted by Gasteiger charge is -2.39. The first-order chi connectivity index (χ1) is 34.8. The molecule has 16 nitrogen and oxygen atoms in total. The van der Waals surface area contributed by atoms with Crippen molar-refractivity contribution in [1.82, 2.24) is 35.4 Å². The second kappa shape index (κ2) is 23.3. The van der Waals surface area contributed by atoms with Gasteiger partial charge in [0.1, 0.15) is 28.7 Å². The molecular formula is C53H70ClFN10O6S2. The van der Waals surface area contributed by atoms with Crippen LogP contribution in [0.1, 0.15) is 96.7 Å². The third-order valence-corrected chi connectivity index (χ3v) is 17.3. The Kier molecular flexibility index (Phi) is 17.4. The predicted molar refractivity (Wildman–Crippen MR) is 283 cm³/mol. The van der Waals surface area contributed by atoms with E-state index in [9.17, 15) is 28.7 Å². The number of nitrogens with two attached hydrogens (primary N) is 1. The number of aromatic nitrogens is 3. The van der Waals surface area contributed by atoms with Crippen molar-refractivity contribution in [2.45, 2.75) is 133 Å². The number of likely N-dealkylation sites (tertiary alicyclic amines) is 2. The van der Waals surface area contributed by atoms with Crippen LogP contribution in [0.15, 0.2) is 64.2 Å². The molecular weight excluding hydrogens is 991 g/mol. The van der Waals surface area contributed by atoms with Gasteiger partial charge in [-0.25, -0.2) is 19.3 Å². The number of benzene rings is 2. The minimum absolute atomic E-state index is 0.0282. The van der Waals surface area contributed by atoms with Crippen molar-refractivity contribution in [3.8, 4) is 16.2 Å². The molecule has 2 aromatic heterocycles. The van der Waals surface area contributed by atoms with Crippen LogP contribution in [0.25, 0.3) is 10.4 Å². The van der Waals surface area contributed by atoms with Gasteiger partial charge in [-0.05, 0) is 118 Å². The Bertz CT molecular complexity index is 2600. The Morgan fingerprint density at radius 2 is 1.79 bits per heavy atom. The average Bonchev–Trinajstić information content (AvgIpc) is 3.78. The number of piperidine rings is 2. The zero-order valence-electron chi connectivity index (χ0n) is 42.6. The van der Waals surface area contributed by atoms with Gasteiger partial charge < -0.3 is 41.3 Å². The zero-order chi connectivity index (χ0) is 52.1. The number of halogens is 2. The van der Waals surface area contributed by atoms with Gasteiger partial charge in [0.2, 0.25) is 17.7 Å². The first-order valence-corrected chi connectivity index (χ1v) is 27.6. The normalized spacial score (nSPS) is 20.3. The maximum Gasteiger partial charge on any atom is 0.258 e. The van der Waals surface area contributed by atoms with Crippen LogP contribution in [0.5, 0.6) is 5.75 Å². The summed E-state index contributed by atoms with van der Waals surface area (Å²) in [5, 5.41) is 20.5. The van der Waals surface area contributed by atoms with E-state index in [1.807, 2.05) is 43.3 Å². The number of amides is 4. The van der Waals surface area contributed by atoms with Gasteiger partial charge in [0.15, 0.2) is 5.67 Å². The summed E-state index contributed by atoms with van der Waals surface area (Å²) in [5.41, 5.74) is 8.36. The summed E-state index contributed by atoms with van der Waals surface area (Å²) in [5.74, 6) is 0.0141. The fraction of sp³-hybridized carbons (Fsp3) is 0.566. The standard InChI is InChI=1S/C53H70ClFN10O6S2/c1-33-46(72-32-60-33)35-11-12-36(26-59-48(68)39-25-37(66)29-65(39)49(69)47(51(2,3)4)62-50(70)53(55)15-16-53)40(24-35)71-23-7-8-34-13-19-63(20-14-34)30-43(67)61-38-9-6-10-41(45(38)54)73-44-28-57-42(27-58-44)64-21-17-52(5,31-56)18-22-64/h6,9-12,24,27-28,32,34,37,39,47,66H,7-8,13-23,25-26,29-31,56H2,1-5H3,(H,59,68)(H,61,67)(H,62,70)/t37-,39+,47-/m1/s1. The average molecular weight is 1060 g/mol. The minimum Gasteiger partial charge on any atom is -0.493 e. The molecule has 5 heterocycles. The molecule has 0 unspecified atom stereocenters. The number of anilines is 2. The molecule has 6 N–H and O–H groups in total. The molecule has 1 saturated carbocycles. The fourth-order valence-corrected chi connectivity index (χ4v) is 11.6. The molecule has 2 aromatic carbocycles. The number of thiazole rings is 1. The number of rotatable bonds is 19. The summed E-state index contributed by atoms with van der Waals surface area (Å²) in [6.45, 7) is 14.3. The van der Waals surface area contributed by atoms with Crippen LogP contribution in [0.2, 0.25) is 5.02 Å². The number of aliphatic hydroxyl groups is 1. The number of carbonyl (C=O) groups excluding carboxylic acids is 4. The van der Waals surface area contributed by atoms with Gasteiger partial charge in [-0.2, -0.15) is 0 Å². The minimum atomic E-state index is -1.97. The van der Waals surface area contributed by atoms with Gasteiger partial charge >= 0.3 is 0 Å². The highest BCUT2D eigenvalue weighted by atomic mass is 35.5. The van der Waals surface area contributed by atoms with Gasteiger partial charge in [-0.1, -0.05) is 69.3 Å². The molecule has 4 fully saturated rings. The van der Waals surface area contributed by atoms with Crippen LogP contribution < -0.4 is 31.3 Å². The monoisotopic (exact) mass is 1060 g/mol. The van der Waals surface area contributed by atoms with Crippen molar-refractivity contribution in [3.63, 3.8) is 0 Å². The van der Waals surface area contributed by atoms with E-state index >= 15 is 0 Å². The number of aliphatic hydroxyl groups excluding tert-OH is 1. The molecule has 3 aliphatic heterocycles. The van der Waals surface area contributed by atoms with E-state index in [1.54, 1.807) is 38.7 Å². The van der Waals surface area contributed by atoms with E-state index in [0.29, 0.717) is 40.6 Å². The van der Waals surface area contributed by atoms with E-state index < -0.39 is 47.0 Å². The number of nitrogens with zero attached hydrogens (tertiary/aromatic N) is 6. The number of ether oxygens (including phenoxy) is 1. The molecule has 1 aliphatic carbocycles. The molecule has 0 radical (unpaired) electrons.